The van der Waals surface area contributed by atoms with E-state index in [1.54, 1.807) is 0 Å². The molecule has 112 valence electrons. The molecule has 4 nitrogen and oxygen atoms in total. The number of aliphatic imine (C=N–C) groups is 1. The van der Waals surface area contributed by atoms with Crippen molar-refractivity contribution in [2.45, 2.75) is 57.5 Å². The topological polar surface area (TPSA) is 44.9 Å². The van der Waals surface area contributed by atoms with Gasteiger partial charge in [0, 0.05) is 25.7 Å². The molecule has 1 saturated heterocycles. The standard InChI is InChI=1S/C14H28N4.HI/c1-12(18-10-4-3-5-11-18)8-9-16-14(15)17(2)13-6-7-13;/h12-13H,3-11H2,1-2H3,(H2,15,16);1H. The van der Waals surface area contributed by atoms with Crippen molar-refractivity contribution in [1.82, 2.24) is 9.80 Å². The van der Waals surface area contributed by atoms with E-state index in [4.69, 9.17) is 5.73 Å². The van der Waals surface area contributed by atoms with Gasteiger partial charge in [0.05, 0.1) is 0 Å². The number of piperidine rings is 1. The van der Waals surface area contributed by atoms with Gasteiger partial charge < -0.3 is 15.5 Å². The number of likely N-dealkylation sites (tertiary alicyclic amines) is 1. The Morgan fingerprint density at radius 3 is 2.53 bits per heavy atom. The van der Waals surface area contributed by atoms with E-state index in [1.165, 1.54) is 45.2 Å². The molecule has 0 radical (unpaired) electrons. The van der Waals surface area contributed by atoms with Gasteiger partial charge in [0.1, 0.15) is 0 Å². The summed E-state index contributed by atoms with van der Waals surface area (Å²) in [5, 5.41) is 0. The van der Waals surface area contributed by atoms with E-state index in [1.807, 2.05) is 0 Å². The van der Waals surface area contributed by atoms with E-state index in [0.717, 1.165) is 18.9 Å². The van der Waals surface area contributed by atoms with E-state index < -0.39 is 0 Å². The van der Waals surface area contributed by atoms with E-state index >= 15 is 0 Å². The van der Waals surface area contributed by atoms with Crippen LogP contribution in [0.25, 0.3) is 0 Å². The van der Waals surface area contributed by atoms with Gasteiger partial charge in [-0.3, -0.25) is 4.99 Å². The molecular weight excluding hydrogens is 351 g/mol. The molecule has 0 aromatic carbocycles. The fourth-order valence-electron chi connectivity index (χ4n) is 2.67. The molecule has 0 bridgehead atoms. The van der Waals surface area contributed by atoms with Gasteiger partial charge in [-0.15, -0.1) is 24.0 Å². The molecule has 19 heavy (non-hydrogen) atoms. The number of hydrogen-bond donors (Lipinski definition) is 1. The fourth-order valence-corrected chi connectivity index (χ4v) is 2.67. The zero-order chi connectivity index (χ0) is 13.0. The average molecular weight is 380 g/mol. The van der Waals surface area contributed by atoms with Crippen molar-refractivity contribution in [2.24, 2.45) is 10.7 Å². The number of rotatable bonds is 5. The summed E-state index contributed by atoms with van der Waals surface area (Å²) >= 11 is 0. The molecule has 2 rings (SSSR count). The molecule has 2 aliphatic rings. The number of guanidine groups is 1. The Balaban J connectivity index is 0.00000180. The zero-order valence-electron chi connectivity index (χ0n) is 12.3. The Morgan fingerprint density at radius 1 is 1.32 bits per heavy atom. The van der Waals surface area contributed by atoms with E-state index in [9.17, 15) is 0 Å². The molecule has 1 aliphatic carbocycles. The van der Waals surface area contributed by atoms with Crippen molar-refractivity contribution in [1.29, 1.82) is 0 Å². The van der Waals surface area contributed by atoms with E-state index in [2.05, 4.69) is 28.8 Å². The van der Waals surface area contributed by atoms with Crippen LogP contribution in [0, 0.1) is 0 Å². The number of hydrogen-bond acceptors (Lipinski definition) is 2. The first-order valence-corrected chi connectivity index (χ1v) is 7.45. The molecule has 0 aromatic heterocycles. The summed E-state index contributed by atoms with van der Waals surface area (Å²) in [5.74, 6) is 0.725. The zero-order valence-corrected chi connectivity index (χ0v) is 14.7. The minimum atomic E-state index is 0. The Bertz CT molecular complexity index is 285. The van der Waals surface area contributed by atoms with Gasteiger partial charge in [0.2, 0.25) is 0 Å². The van der Waals surface area contributed by atoms with Crippen LogP contribution >= 0.6 is 24.0 Å². The van der Waals surface area contributed by atoms with E-state index in [0.29, 0.717) is 12.1 Å². The van der Waals surface area contributed by atoms with Crippen molar-refractivity contribution >= 4 is 29.9 Å². The summed E-state index contributed by atoms with van der Waals surface area (Å²) in [4.78, 5) is 9.24. The first-order valence-electron chi connectivity index (χ1n) is 7.45. The van der Waals surface area contributed by atoms with Crippen LogP contribution in [0.1, 0.15) is 45.4 Å². The van der Waals surface area contributed by atoms with Crippen LogP contribution in [0.4, 0.5) is 0 Å². The monoisotopic (exact) mass is 380 g/mol. The molecule has 2 N–H and O–H groups in total. The Kier molecular flexibility index (Phi) is 7.42. The second-order valence-corrected chi connectivity index (χ2v) is 5.82. The molecule has 1 heterocycles. The molecule has 1 saturated carbocycles. The summed E-state index contributed by atoms with van der Waals surface area (Å²) in [6, 6.07) is 1.31. The number of nitrogens with two attached hydrogens (primary N) is 1. The van der Waals surface area contributed by atoms with Gasteiger partial charge in [-0.1, -0.05) is 6.42 Å². The van der Waals surface area contributed by atoms with Crippen molar-refractivity contribution in [2.75, 3.05) is 26.7 Å². The molecule has 0 aromatic rings. The van der Waals surface area contributed by atoms with Crippen LogP contribution in [0.5, 0.6) is 0 Å². The third kappa shape index (κ3) is 5.45. The summed E-state index contributed by atoms with van der Waals surface area (Å²) in [7, 11) is 2.06. The first kappa shape index (κ1) is 17.0. The van der Waals surface area contributed by atoms with Crippen LogP contribution in [0.15, 0.2) is 4.99 Å². The Hall–Kier alpha value is -0.0400. The second-order valence-electron chi connectivity index (χ2n) is 5.82. The first-order chi connectivity index (χ1) is 8.68. The lowest BCUT2D eigenvalue weighted by atomic mass is 10.1. The van der Waals surface area contributed by atoms with Gasteiger partial charge in [0.15, 0.2) is 5.96 Å². The maximum Gasteiger partial charge on any atom is 0.191 e. The largest absolute Gasteiger partial charge is 0.370 e. The lowest BCUT2D eigenvalue weighted by Crippen LogP contribution is -2.38. The minimum Gasteiger partial charge on any atom is -0.370 e. The fraction of sp³-hybridized carbons (Fsp3) is 0.929. The molecule has 1 atom stereocenters. The van der Waals surface area contributed by atoms with E-state index in [-0.39, 0.29) is 24.0 Å². The van der Waals surface area contributed by atoms with Crippen LogP contribution in [0.2, 0.25) is 0 Å². The summed E-state index contributed by atoms with van der Waals surface area (Å²) in [6.07, 6.45) is 7.80. The van der Waals surface area contributed by atoms with Gasteiger partial charge in [-0.2, -0.15) is 0 Å². The lowest BCUT2D eigenvalue weighted by molar-refractivity contribution is 0.168. The molecule has 1 aliphatic heterocycles. The van der Waals surface area contributed by atoms with Gasteiger partial charge in [-0.25, -0.2) is 0 Å². The SMILES string of the molecule is CC(CCN=C(N)N(C)C1CC1)N1CCCCC1.I. The molecule has 0 amide bonds. The third-order valence-electron chi connectivity index (χ3n) is 4.29. The summed E-state index contributed by atoms with van der Waals surface area (Å²) < 4.78 is 0. The maximum absolute atomic E-state index is 5.99. The average Bonchev–Trinajstić information content (AvgIpc) is 3.23. The van der Waals surface area contributed by atoms with Crippen LogP contribution in [-0.4, -0.2) is 54.5 Å². The normalized spacial score (nSPS) is 22.7. The Labute approximate surface area is 134 Å². The molecule has 2 fully saturated rings. The minimum absolute atomic E-state index is 0. The predicted octanol–water partition coefficient (Wildman–Crippen LogP) is 2.28. The molecule has 5 heteroatoms. The highest BCUT2D eigenvalue weighted by Gasteiger charge is 2.27. The van der Waals surface area contributed by atoms with Gasteiger partial charge in [0.25, 0.3) is 0 Å². The number of halogens is 1. The predicted molar refractivity (Wildman–Crippen MR) is 92.2 cm³/mol. The van der Waals surface area contributed by atoms with Crippen molar-refractivity contribution in [3.63, 3.8) is 0 Å². The second kappa shape index (κ2) is 8.29. The quantitative estimate of drug-likeness (QED) is 0.452. The highest BCUT2D eigenvalue weighted by molar-refractivity contribution is 14.0. The van der Waals surface area contributed by atoms with Crippen LogP contribution in [-0.2, 0) is 0 Å². The van der Waals surface area contributed by atoms with Crippen molar-refractivity contribution in [3.8, 4) is 0 Å². The Morgan fingerprint density at radius 2 is 1.95 bits per heavy atom. The van der Waals surface area contributed by atoms with Gasteiger partial charge >= 0.3 is 0 Å². The van der Waals surface area contributed by atoms with Gasteiger partial charge in [-0.05, 0) is 52.1 Å². The molecular formula is C14H29IN4. The smallest absolute Gasteiger partial charge is 0.191 e. The number of nitrogens with zero attached hydrogens (tertiary/aromatic N) is 3. The molecule has 0 spiro atoms. The summed E-state index contributed by atoms with van der Waals surface area (Å²) in [5.41, 5.74) is 5.99. The highest BCUT2D eigenvalue weighted by Crippen LogP contribution is 2.24. The molecule has 1 unspecified atom stereocenters. The highest BCUT2D eigenvalue weighted by atomic mass is 127. The maximum atomic E-state index is 5.99. The summed E-state index contributed by atoms with van der Waals surface area (Å²) in [6.45, 7) is 5.72. The van der Waals surface area contributed by atoms with Crippen molar-refractivity contribution in [3.05, 3.63) is 0 Å². The van der Waals surface area contributed by atoms with Crippen LogP contribution < -0.4 is 5.73 Å². The lowest BCUT2D eigenvalue weighted by Gasteiger charge is -2.32. The third-order valence-corrected chi connectivity index (χ3v) is 4.29. The van der Waals surface area contributed by atoms with Crippen molar-refractivity contribution < 1.29 is 0 Å². The van der Waals surface area contributed by atoms with Crippen LogP contribution in [0.3, 0.4) is 0 Å².